The molecule has 0 saturated carbocycles. The summed E-state index contributed by atoms with van der Waals surface area (Å²) in [7, 11) is 1.77. The van der Waals surface area contributed by atoms with Crippen molar-refractivity contribution < 1.29 is 9.53 Å². The highest BCUT2D eigenvalue weighted by atomic mass is 16.5. The summed E-state index contributed by atoms with van der Waals surface area (Å²) < 4.78 is 7.48. The SMILES string of the molecule is CN(Cc1cnn(-c2ccccc2)c1)C(=O)COc1ccc(-c2ccccc2)cc1. The molecule has 0 radical (unpaired) electrons. The van der Waals surface area contributed by atoms with Crippen LogP contribution in [0.3, 0.4) is 0 Å². The van der Waals surface area contributed by atoms with E-state index in [1.54, 1.807) is 22.8 Å². The molecule has 0 aliphatic carbocycles. The van der Waals surface area contributed by atoms with Crippen molar-refractivity contribution in [3.8, 4) is 22.6 Å². The number of amides is 1. The van der Waals surface area contributed by atoms with Crippen molar-refractivity contribution >= 4 is 5.91 Å². The minimum absolute atomic E-state index is 0.00595. The number of rotatable bonds is 7. The van der Waals surface area contributed by atoms with E-state index in [4.69, 9.17) is 4.74 Å². The fourth-order valence-electron chi connectivity index (χ4n) is 3.16. The summed E-state index contributed by atoms with van der Waals surface area (Å²) in [6.45, 7) is 0.468. The van der Waals surface area contributed by atoms with Crippen molar-refractivity contribution in [2.45, 2.75) is 6.54 Å². The summed E-state index contributed by atoms with van der Waals surface area (Å²) >= 11 is 0. The molecule has 5 heteroatoms. The molecule has 0 aliphatic rings. The third-order valence-corrected chi connectivity index (χ3v) is 4.83. The summed E-state index contributed by atoms with van der Waals surface area (Å²) in [5.41, 5.74) is 4.21. The Bertz CT molecular complexity index is 1090. The molecule has 0 atom stereocenters. The van der Waals surface area contributed by atoms with Gasteiger partial charge in [-0.3, -0.25) is 4.79 Å². The van der Waals surface area contributed by atoms with Crippen molar-refractivity contribution in [3.05, 3.63) is 103 Å². The molecule has 4 rings (SSSR count). The Labute approximate surface area is 176 Å². The van der Waals surface area contributed by atoms with E-state index in [-0.39, 0.29) is 12.5 Å². The summed E-state index contributed by atoms with van der Waals surface area (Å²) in [6.07, 6.45) is 3.71. The number of ether oxygens (including phenoxy) is 1. The lowest BCUT2D eigenvalue weighted by Gasteiger charge is -2.16. The van der Waals surface area contributed by atoms with Crippen molar-refractivity contribution in [2.24, 2.45) is 0 Å². The Kier molecular flexibility index (Phi) is 5.90. The first-order valence-electron chi connectivity index (χ1n) is 9.80. The Morgan fingerprint density at radius 2 is 1.53 bits per heavy atom. The number of benzene rings is 3. The normalized spacial score (nSPS) is 10.6. The number of hydrogen-bond donors (Lipinski definition) is 0. The molecule has 4 aromatic rings. The number of carbonyl (C=O) groups excluding carboxylic acids is 1. The molecule has 0 bridgehead atoms. The van der Waals surface area contributed by atoms with E-state index < -0.39 is 0 Å². The van der Waals surface area contributed by atoms with E-state index >= 15 is 0 Å². The van der Waals surface area contributed by atoms with Gasteiger partial charge in [0.15, 0.2) is 6.61 Å². The van der Waals surface area contributed by atoms with Gasteiger partial charge in [-0.25, -0.2) is 4.68 Å². The van der Waals surface area contributed by atoms with Gasteiger partial charge >= 0.3 is 0 Å². The average Bonchev–Trinajstić information content (AvgIpc) is 3.27. The van der Waals surface area contributed by atoms with E-state index in [9.17, 15) is 4.79 Å². The van der Waals surface area contributed by atoms with E-state index in [1.807, 2.05) is 79.0 Å². The molecule has 1 amide bonds. The highest BCUT2D eigenvalue weighted by molar-refractivity contribution is 5.77. The van der Waals surface area contributed by atoms with Crippen molar-refractivity contribution in [3.63, 3.8) is 0 Å². The maximum Gasteiger partial charge on any atom is 0.260 e. The zero-order valence-corrected chi connectivity index (χ0v) is 16.8. The number of hydrogen-bond acceptors (Lipinski definition) is 3. The molecule has 1 aromatic heterocycles. The topological polar surface area (TPSA) is 47.4 Å². The van der Waals surface area contributed by atoms with Gasteiger partial charge in [0.25, 0.3) is 5.91 Å². The first-order valence-corrected chi connectivity index (χ1v) is 9.80. The number of nitrogens with zero attached hydrogens (tertiary/aromatic N) is 3. The zero-order valence-electron chi connectivity index (χ0n) is 16.8. The van der Waals surface area contributed by atoms with Gasteiger partial charge in [-0.15, -0.1) is 0 Å². The van der Waals surface area contributed by atoms with Gasteiger partial charge in [-0.2, -0.15) is 5.10 Å². The van der Waals surface area contributed by atoms with Gasteiger partial charge in [0.2, 0.25) is 0 Å². The van der Waals surface area contributed by atoms with Gasteiger partial charge in [0.05, 0.1) is 11.9 Å². The fourth-order valence-corrected chi connectivity index (χ4v) is 3.16. The molecule has 0 fully saturated rings. The second-order valence-electron chi connectivity index (χ2n) is 7.06. The maximum absolute atomic E-state index is 12.5. The third-order valence-electron chi connectivity index (χ3n) is 4.83. The van der Waals surface area contributed by atoms with Crippen LogP contribution in [0, 0.1) is 0 Å². The smallest absolute Gasteiger partial charge is 0.260 e. The number of carbonyl (C=O) groups is 1. The third kappa shape index (κ3) is 4.75. The quantitative estimate of drug-likeness (QED) is 0.459. The van der Waals surface area contributed by atoms with Crippen LogP contribution >= 0.6 is 0 Å². The summed E-state index contributed by atoms with van der Waals surface area (Å²) in [5, 5.41) is 4.37. The van der Waals surface area contributed by atoms with Crippen LogP contribution in [0.2, 0.25) is 0 Å². The molecule has 150 valence electrons. The molecule has 0 N–H and O–H groups in total. The summed E-state index contributed by atoms with van der Waals surface area (Å²) in [6, 6.07) is 27.8. The van der Waals surface area contributed by atoms with E-state index in [2.05, 4.69) is 17.2 Å². The van der Waals surface area contributed by atoms with Crippen LogP contribution in [0.15, 0.2) is 97.3 Å². The van der Waals surface area contributed by atoms with Crippen LogP contribution in [-0.2, 0) is 11.3 Å². The average molecular weight is 397 g/mol. The standard InChI is InChI=1S/C25H23N3O2/c1-27(17-20-16-26-28(18-20)23-10-6-3-7-11-23)25(29)19-30-24-14-12-22(13-15-24)21-8-4-2-5-9-21/h2-16,18H,17,19H2,1H3. The van der Waals surface area contributed by atoms with Gasteiger partial charge in [-0.1, -0.05) is 60.7 Å². The molecule has 3 aromatic carbocycles. The van der Waals surface area contributed by atoms with E-state index in [1.165, 1.54) is 0 Å². The first kappa shape index (κ1) is 19.5. The minimum Gasteiger partial charge on any atom is -0.484 e. The molecule has 1 heterocycles. The molecule has 5 nitrogen and oxygen atoms in total. The van der Waals surface area contributed by atoms with Crippen LogP contribution in [0.4, 0.5) is 0 Å². The number of likely N-dealkylation sites (N-methyl/N-ethyl adjacent to an activating group) is 1. The molecule has 0 unspecified atom stereocenters. The zero-order chi connectivity index (χ0) is 20.8. The summed E-state index contributed by atoms with van der Waals surface area (Å²) in [5.74, 6) is 0.586. The second kappa shape index (κ2) is 9.09. The van der Waals surface area contributed by atoms with E-state index in [0.717, 1.165) is 22.4 Å². The predicted molar refractivity (Wildman–Crippen MR) is 117 cm³/mol. The highest BCUT2D eigenvalue weighted by Crippen LogP contribution is 2.22. The van der Waals surface area contributed by atoms with Gasteiger partial charge < -0.3 is 9.64 Å². The Hall–Kier alpha value is -3.86. The predicted octanol–water partition coefficient (Wildman–Crippen LogP) is 4.58. The number of para-hydroxylation sites is 1. The van der Waals surface area contributed by atoms with Crippen LogP contribution in [0.5, 0.6) is 5.75 Å². The van der Waals surface area contributed by atoms with Crippen LogP contribution in [0.1, 0.15) is 5.56 Å². The monoisotopic (exact) mass is 397 g/mol. The lowest BCUT2D eigenvalue weighted by atomic mass is 10.1. The Balaban J connectivity index is 1.30. The fraction of sp³-hybridized carbons (Fsp3) is 0.120. The van der Waals surface area contributed by atoms with Crippen LogP contribution in [-0.4, -0.2) is 34.2 Å². The van der Waals surface area contributed by atoms with Crippen molar-refractivity contribution in [1.29, 1.82) is 0 Å². The first-order chi connectivity index (χ1) is 14.7. The van der Waals surface area contributed by atoms with Crippen molar-refractivity contribution in [2.75, 3.05) is 13.7 Å². The lowest BCUT2D eigenvalue weighted by molar-refractivity contribution is -0.132. The molecule has 0 spiro atoms. The van der Waals surface area contributed by atoms with Gasteiger partial charge in [0, 0.05) is 25.4 Å². The highest BCUT2D eigenvalue weighted by Gasteiger charge is 2.12. The molecule has 0 saturated heterocycles. The lowest BCUT2D eigenvalue weighted by Crippen LogP contribution is -2.30. The second-order valence-corrected chi connectivity index (χ2v) is 7.06. The largest absolute Gasteiger partial charge is 0.484 e. The van der Waals surface area contributed by atoms with E-state index in [0.29, 0.717) is 12.3 Å². The Morgan fingerprint density at radius 1 is 0.900 bits per heavy atom. The van der Waals surface area contributed by atoms with Crippen molar-refractivity contribution in [1.82, 2.24) is 14.7 Å². The minimum atomic E-state index is -0.0883. The van der Waals surface area contributed by atoms with Crippen LogP contribution < -0.4 is 4.74 Å². The molecule has 30 heavy (non-hydrogen) atoms. The van der Waals surface area contributed by atoms with Gasteiger partial charge in [0.1, 0.15) is 5.75 Å². The molecule has 0 aliphatic heterocycles. The number of aromatic nitrogens is 2. The molecular weight excluding hydrogens is 374 g/mol. The van der Waals surface area contributed by atoms with Crippen LogP contribution in [0.25, 0.3) is 16.8 Å². The molecular formula is C25H23N3O2. The summed E-state index contributed by atoms with van der Waals surface area (Å²) in [4.78, 5) is 14.1. The van der Waals surface area contributed by atoms with Gasteiger partial charge in [-0.05, 0) is 35.4 Å². The Morgan fingerprint density at radius 3 is 2.23 bits per heavy atom. The maximum atomic E-state index is 12.5.